The quantitative estimate of drug-likeness (QED) is 0.808. The third-order valence-corrected chi connectivity index (χ3v) is 2.70. The molecule has 17 heavy (non-hydrogen) atoms. The molecule has 0 bridgehead atoms. The molecule has 1 aromatic rings. The van der Waals surface area contributed by atoms with Crippen molar-refractivity contribution in [3.05, 3.63) is 35.1 Å². The molecule has 2 N–H and O–H groups in total. The van der Waals surface area contributed by atoms with Crippen LogP contribution in [0.2, 0.25) is 0 Å². The Morgan fingerprint density at radius 3 is 2.88 bits per heavy atom. The van der Waals surface area contributed by atoms with Gasteiger partial charge in [-0.3, -0.25) is 0 Å². The molecule has 0 spiro atoms. The maximum absolute atomic E-state index is 13.6. The van der Waals surface area contributed by atoms with Gasteiger partial charge in [0, 0.05) is 17.7 Å². The molecule has 1 fully saturated rings. The summed E-state index contributed by atoms with van der Waals surface area (Å²) < 4.78 is 19.1. The van der Waals surface area contributed by atoms with Crippen LogP contribution in [0.1, 0.15) is 24.0 Å². The summed E-state index contributed by atoms with van der Waals surface area (Å²) in [4.78, 5) is 0. The summed E-state index contributed by atoms with van der Waals surface area (Å²) in [6, 6.07) is 4.95. The molecule has 0 amide bonds. The number of halogens is 1. The molecular formula is C14H16FNO. The molecule has 1 aliphatic carbocycles. The summed E-state index contributed by atoms with van der Waals surface area (Å²) in [5.74, 6) is 5.94. The minimum absolute atomic E-state index is 0.260. The molecule has 0 radical (unpaired) electrons. The number of hydrogen-bond donors (Lipinski definition) is 1. The Morgan fingerprint density at radius 1 is 1.41 bits per heavy atom. The Balaban J connectivity index is 1.92. The van der Waals surface area contributed by atoms with Crippen molar-refractivity contribution in [2.75, 3.05) is 13.2 Å². The smallest absolute Gasteiger partial charge is 0.129 e. The minimum Gasteiger partial charge on any atom is -0.376 e. The van der Waals surface area contributed by atoms with Crippen molar-refractivity contribution in [1.29, 1.82) is 0 Å². The third kappa shape index (κ3) is 3.85. The molecule has 2 rings (SSSR count). The van der Waals surface area contributed by atoms with Gasteiger partial charge in [0.2, 0.25) is 0 Å². The predicted octanol–water partition coefficient (Wildman–Crippen LogP) is 2.06. The molecule has 3 heteroatoms. The number of ether oxygens (including phenoxy) is 1. The number of hydrogen-bond acceptors (Lipinski definition) is 2. The Labute approximate surface area is 101 Å². The average molecular weight is 233 g/mol. The molecule has 0 atom stereocenters. The highest BCUT2D eigenvalue weighted by Gasteiger charge is 2.21. The van der Waals surface area contributed by atoms with Gasteiger partial charge in [0.15, 0.2) is 0 Å². The van der Waals surface area contributed by atoms with E-state index in [0.717, 1.165) is 6.61 Å². The van der Waals surface area contributed by atoms with Crippen LogP contribution in [0.3, 0.4) is 0 Å². The molecule has 0 unspecified atom stereocenters. The predicted molar refractivity (Wildman–Crippen MR) is 64.7 cm³/mol. The molecule has 90 valence electrons. The molecule has 0 heterocycles. The number of nitrogens with two attached hydrogens (primary N) is 1. The van der Waals surface area contributed by atoms with Crippen LogP contribution in [0, 0.1) is 23.6 Å². The van der Waals surface area contributed by atoms with E-state index in [1.807, 2.05) is 0 Å². The number of rotatable bonds is 4. The standard InChI is InChI=1S/C14H16FNO/c15-14-8-11(2-1-7-16)5-6-13(14)10-17-9-12-3-4-12/h5-6,8,12H,3-4,7,9-10,16H2. The first-order chi connectivity index (χ1) is 8.29. The maximum atomic E-state index is 13.6. The van der Waals surface area contributed by atoms with E-state index in [4.69, 9.17) is 10.5 Å². The maximum Gasteiger partial charge on any atom is 0.129 e. The zero-order valence-corrected chi connectivity index (χ0v) is 9.71. The van der Waals surface area contributed by atoms with Gasteiger partial charge in [-0.2, -0.15) is 0 Å². The van der Waals surface area contributed by atoms with Crippen molar-refractivity contribution in [1.82, 2.24) is 0 Å². The molecule has 0 aliphatic heterocycles. The summed E-state index contributed by atoms with van der Waals surface area (Å²) in [6.45, 7) is 1.37. The molecule has 0 aromatic heterocycles. The van der Waals surface area contributed by atoms with Crippen LogP contribution in [0.15, 0.2) is 18.2 Å². The van der Waals surface area contributed by atoms with Gasteiger partial charge < -0.3 is 10.5 Å². The van der Waals surface area contributed by atoms with Gasteiger partial charge in [-0.15, -0.1) is 0 Å². The SMILES string of the molecule is NCC#Cc1ccc(COCC2CC2)c(F)c1. The normalized spacial score (nSPS) is 14.2. The lowest BCUT2D eigenvalue weighted by atomic mass is 10.1. The lowest BCUT2D eigenvalue weighted by Gasteiger charge is -2.05. The Hall–Kier alpha value is -1.37. The van der Waals surface area contributed by atoms with Crippen LogP contribution in [0.25, 0.3) is 0 Å². The second-order valence-electron chi connectivity index (χ2n) is 4.27. The molecule has 1 aliphatic rings. The van der Waals surface area contributed by atoms with Crippen molar-refractivity contribution in [3.63, 3.8) is 0 Å². The van der Waals surface area contributed by atoms with Crippen molar-refractivity contribution in [2.45, 2.75) is 19.4 Å². The van der Waals surface area contributed by atoms with Crippen LogP contribution >= 0.6 is 0 Å². The first-order valence-corrected chi connectivity index (χ1v) is 5.84. The van der Waals surface area contributed by atoms with Crippen molar-refractivity contribution < 1.29 is 9.13 Å². The van der Waals surface area contributed by atoms with E-state index in [-0.39, 0.29) is 12.4 Å². The Bertz CT molecular complexity index is 443. The lowest BCUT2D eigenvalue weighted by molar-refractivity contribution is 0.109. The lowest BCUT2D eigenvalue weighted by Crippen LogP contribution is -1.99. The van der Waals surface area contributed by atoms with Crippen molar-refractivity contribution in [3.8, 4) is 11.8 Å². The summed E-state index contributed by atoms with van der Waals surface area (Å²) in [7, 11) is 0. The fraction of sp³-hybridized carbons (Fsp3) is 0.429. The van der Waals surface area contributed by atoms with Crippen LogP contribution in [-0.4, -0.2) is 13.2 Å². The molecule has 0 saturated heterocycles. The summed E-state index contributed by atoms with van der Waals surface area (Å²) in [5, 5.41) is 0. The van der Waals surface area contributed by atoms with Gasteiger partial charge in [0.25, 0.3) is 0 Å². The summed E-state index contributed by atoms with van der Waals surface area (Å²) in [5.41, 5.74) is 6.50. The molecular weight excluding hydrogens is 217 g/mol. The fourth-order valence-corrected chi connectivity index (χ4v) is 1.52. The highest BCUT2D eigenvalue weighted by atomic mass is 19.1. The zero-order chi connectivity index (χ0) is 12.1. The monoisotopic (exact) mass is 233 g/mol. The second-order valence-corrected chi connectivity index (χ2v) is 4.27. The van der Waals surface area contributed by atoms with Gasteiger partial charge in [-0.25, -0.2) is 4.39 Å². The van der Waals surface area contributed by atoms with Gasteiger partial charge in [-0.05, 0) is 30.9 Å². The van der Waals surface area contributed by atoms with E-state index in [2.05, 4.69) is 11.8 Å². The fourth-order valence-electron chi connectivity index (χ4n) is 1.52. The first-order valence-electron chi connectivity index (χ1n) is 5.84. The van der Waals surface area contributed by atoms with E-state index in [9.17, 15) is 4.39 Å². The van der Waals surface area contributed by atoms with E-state index in [1.54, 1.807) is 12.1 Å². The van der Waals surface area contributed by atoms with Gasteiger partial charge >= 0.3 is 0 Å². The van der Waals surface area contributed by atoms with Gasteiger partial charge in [0.1, 0.15) is 5.82 Å². The third-order valence-electron chi connectivity index (χ3n) is 2.70. The molecule has 1 saturated carbocycles. The van der Waals surface area contributed by atoms with Crippen molar-refractivity contribution >= 4 is 0 Å². The summed E-state index contributed by atoms with van der Waals surface area (Å²) in [6.07, 6.45) is 2.49. The highest BCUT2D eigenvalue weighted by molar-refractivity contribution is 5.37. The number of benzene rings is 1. The molecule has 1 aromatic carbocycles. The van der Waals surface area contributed by atoms with Crippen LogP contribution in [0.5, 0.6) is 0 Å². The van der Waals surface area contributed by atoms with Crippen LogP contribution in [0.4, 0.5) is 4.39 Å². The minimum atomic E-state index is -0.260. The molecule has 2 nitrogen and oxygen atoms in total. The van der Waals surface area contributed by atoms with E-state index < -0.39 is 0 Å². The van der Waals surface area contributed by atoms with E-state index in [0.29, 0.717) is 23.7 Å². The summed E-state index contributed by atoms with van der Waals surface area (Å²) >= 11 is 0. The van der Waals surface area contributed by atoms with Crippen LogP contribution < -0.4 is 5.73 Å². The van der Waals surface area contributed by atoms with Gasteiger partial charge in [-0.1, -0.05) is 17.9 Å². The van der Waals surface area contributed by atoms with Gasteiger partial charge in [0.05, 0.1) is 13.2 Å². The first kappa shape index (κ1) is 12.1. The van der Waals surface area contributed by atoms with E-state index >= 15 is 0 Å². The zero-order valence-electron chi connectivity index (χ0n) is 9.71. The Morgan fingerprint density at radius 2 is 2.24 bits per heavy atom. The topological polar surface area (TPSA) is 35.2 Å². The van der Waals surface area contributed by atoms with Crippen LogP contribution in [-0.2, 0) is 11.3 Å². The average Bonchev–Trinajstić information content (AvgIpc) is 3.13. The second kappa shape index (κ2) is 5.81. The highest BCUT2D eigenvalue weighted by Crippen LogP contribution is 2.29. The van der Waals surface area contributed by atoms with Crippen molar-refractivity contribution in [2.24, 2.45) is 11.7 Å². The largest absolute Gasteiger partial charge is 0.376 e. The Kier molecular flexibility index (Phi) is 4.13. The van der Waals surface area contributed by atoms with E-state index in [1.165, 1.54) is 18.9 Å².